The number of nitrogens with zero attached hydrogens (tertiary/aromatic N) is 2. The third-order valence-corrected chi connectivity index (χ3v) is 4.21. The van der Waals surface area contributed by atoms with Crippen LogP contribution in [0.3, 0.4) is 0 Å². The van der Waals surface area contributed by atoms with E-state index in [9.17, 15) is 4.79 Å². The Morgan fingerprint density at radius 2 is 1.88 bits per heavy atom. The van der Waals surface area contributed by atoms with Crippen LogP contribution in [0.2, 0.25) is 0 Å². The Kier molecular flexibility index (Phi) is 3.98. The van der Waals surface area contributed by atoms with Crippen LogP contribution in [0.4, 0.5) is 0 Å². The topological polar surface area (TPSA) is 51.7 Å². The van der Waals surface area contributed by atoms with Crippen molar-refractivity contribution >= 4 is 16.8 Å². The molecule has 0 N–H and O–H groups in total. The highest BCUT2D eigenvalue weighted by molar-refractivity contribution is 5.97. The highest BCUT2D eigenvalue weighted by atomic mass is 16.6. The zero-order chi connectivity index (χ0) is 17.2. The highest BCUT2D eigenvalue weighted by Gasteiger charge is 2.16. The Bertz CT molecular complexity index is 939. The van der Waals surface area contributed by atoms with E-state index in [0.29, 0.717) is 25.3 Å². The number of carbonyl (C=O) groups excluding carboxylic acids is 1. The number of fused-ring (bicyclic) bond motifs is 2. The quantitative estimate of drug-likeness (QED) is 0.738. The highest BCUT2D eigenvalue weighted by Crippen LogP contribution is 2.31. The first-order chi connectivity index (χ1) is 12.2. The number of para-hydroxylation sites is 1. The van der Waals surface area contributed by atoms with Gasteiger partial charge in [0.1, 0.15) is 13.2 Å². The third kappa shape index (κ3) is 3.13. The molecule has 0 fully saturated rings. The van der Waals surface area contributed by atoms with E-state index in [1.807, 2.05) is 48.5 Å². The van der Waals surface area contributed by atoms with Crippen LogP contribution in [-0.4, -0.2) is 36.1 Å². The summed E-state index contributed by atoms with van der Waals surface area (Å²) in [5.41, 5.74) is 2.46. The minimum atomic E-state index is -0.0619. The molecular weight excluding hydrogens is 316 g/mol. The van der Waals surface area contributed by atoms with Crippen molar-refractivity contribution in [2.75, 3.05) is 20.3 Å². The van der Waals surface area contributed by atoms with Crippen molar-refractivity contribution in [3.63, 3.8) is 0 Å². The molecule has 4 rings (SSSR count). The van der Waals surface area contributed by atoms with Gasteiger partial charge in [0.15, 0.2) is 11.5 Å². The van der Waals surface area contributed by atoms with E-state index in [1.165, 1.54) is 0 Å². The lowest BCUT2D eigenvalue weighted by Gasteiger charge is -2.21. The van der Waals surface area contributed by atoms with Gasteiger partial charge in [-0.2, -0.15) is 0 Å². The lowest BCUT2D eigenvalue weighted by Crippen LogP contribution is -2.26. The summed E-state index contributed by atoms with van der Waals surface area (Å²) in [4.78, 5) is 18.8. The van der Waals surface area contributed by atoms with Crippen molar-refractivity contribution in [2.24, 2.45) is 0 Å². The fourth-order valence-corrected chi connectivity index (χ4v) is 2.94. The maximum atomic E-state index is 12.7. The molecule has 1 amide bonds. The van der Waals surface area contributed by atoms with Crippen LogP contribution in [0.15, 0.2) is 54.7 Å². The van der Waals surface area contributed by atoms with E-state index in [-0.39, 0.29) is 5.91 Å². The molecule has 1 aliphatic rings. The monoisotopic (exact) mass is 334 g/mol. The number of hydrogen-bond donors (Lipinski definition) is 0. The third-order valence-electron chi connectivity index (χ3n) is 4.21. The van der Waals surface area contributed by atoms with Crippen LogP contribution in [0.25, 0.3) is 10.9 Å². The molecular formula is C20H18N2O3. The molecule has 0 saturated carbocycles. The van der Waals surface area contributed by atoms with Gasteiger partial charge in [-0.3, -0.25) is 9.78 Å². The molecule has 0 saturated heterocycles. The SMILES string of the molecule is CN(Cc1ccc2c(c1)OCCO2)C(=O)c1cnc2ccccc2c1. The van der Waals surface area contributed by atoms with E-state index in [1.54, 1.807) is 18.1 Å². The van der Waals surface area contributed by atoms with Gasteiger partial charge in [0.25, 0.3) is 5.91 Å². The number of carbonyl (C=O) groups is 1. The Balaban J connectivity index is 1.53. The van der Waals surface area contributed by atoms with E-state index >= 15 is 0 Å². The summed E-state index contributed by atoms with van der Waals surface area (Å²) < 4.78 is 11.1. The molecule has 1 aliphatic heterocycles. The molecule has 3 aromatic rings. The standard InChI is InChI=1S/C20H18N2O3/c1-22(13-14-6-7-18-19(10-14)25-9-8-24-18)20(23)16-11-15-4-2-3-5-17(15)21-12-16/h2-7,10-12H,8-9,13H2,1H3. The van der Waals surface area contributed by atoms with Crippen molar-refractivity contribution in [2.45, 2.75) is 6.54 Å². The largest absolute Gasteiger partial charge is 0.486 e. The summed E-state index contributed by atoms with van der Waals surface area (Å²) in [6.45, 7) is 1.61. The summed E-state index contributed by atoms with van der Waals surface area (Å²) in [5, 5.41) is 0.959. The number of hydrogen-bond acceptors (Lipinski definition) is 4. The molecule has 25 heavy (non-hydrogen) atoms. The zero-order valence-corrected chi connectivity index (χ0v) is 13.9. The normalized spacial score (nSPS) is 12.8. The number of benzene rings is 2. The Morgan fingerprint density at radius 1 is 1.08 bits per heavy atom. The molecule has 0 radical (unpaired) electrons. The van der Waals surface area contributed by atoms with Gasteiger partial charge in [-0.15, -0.1) is 0 Å². The molecule has 0 spiro atoms. The first kappa shape index (κ1) is 15.4. The van der Waals surface area contributed by atoms with Crippen molar-refractivity contribution < 1.29 is 14.3 Å². The lowest BCUT2D eigenvalue weighted by molar-refractivity contribution is 0.0784. The molecule has 1 aromatic heterocycles. The second kappa shape index (κ2) is 6.43. The summed E-state index contributed by atoms with van der Waals surface area (Å²) >= 11 is 0. The molecule has 2 heterocycles. The number of aromatic nitrogens is 1. The zero-order valence-electron chi connectivity index (χ0n) is 13.9. The fourth-order valence-electron chi connectivity index (χ4n) is 2.94. The predicted octanol–water partition coefficient (Wildman–Crippen LogP) is 3.28. The Hall–Kier alpha value is -3.08. The smallest absolute Gasteiger partial charge is 0.255 e. The first-order valence-corrected chi connectivity index (χ1v) is 8.19. The summed E-state index contributed by atoms with van der Waals surface area (Å²) in [5.74, 6) is 1.42. The molecule has 0 unspecified atom stereocenters. The Morgan fingerprint density at radius 3 is 2.76 bits per heavy atom. The van der Waals surface area contributed by atoms with Crippen LogP contribution >= 0.6 is 0 Å². The van der Waals surface area contributed by atoms with Crippen LogP contribution in [0.1, 0.15) is 15.9 Å². The van der Waals surface area contributed by atoms with Gasteiger partial charge in [-0.25, -0.2) is 0 Å². The number of ether oxygens (including phenoxy) is 2. The van der Waals surface area contributed by atoms with Gasteiger partial charge in [0, 0.05) is 25.2 Å². The number of pyridine rings is 1. The Labute approximate surface area is 145 Å². The van der Waals surface area contributed by atoms with Crippen LogP contribution < -0.4 is 9.47 Å². The maximum Gasteiger partial charge on any atom is 0.255 e. The summed E-state index contributed by atoms with van der Waals surface area (Å²) in [6, 6.07) is 15.4. The summed E-state index contributed by atoms with van der Waals surface area (Å²) in [6.07, 6.45) is 1.63. The predicted molar refractivity (Wildman–Crippen MR) is 95.0 cm³/mol. The van der Waals surface area contributed by atoms with Crippen LogP contribution in [-0.2, 0) is 6.54 Å². The van der Waals surface area contributed by atoms with Crippen LogP contribution in [0, 0.1) is 0 Å². The number of amides is 1. The minimum Gasteiger partial charge on any atom is -0.486 e. The van der Waals surface area contributed by atoms with E-state index < -0.39 is 0 Å². The first-order valence-electron chi connectivity index (χ1n) is 8.19. The average Bonchev–Trinajstić information content (AvgIpc) is 2.67. The van der Waals surface area contributed by atoms with Crippen molar-refractivity contribution in [1.82, 2.24) is 9.88 Å². The molecule has 5 heteroatoms. The van der Waals surface area contributed by atoms with Gasteiger partial charge in [0.2, 0.25) is 0 Å². The second-order valence-electron chi connectivity index (χ2n) is 6.06. The van der Waals surface area contributed by atoms with Gasteiger partial charge >= 0.3 is 0 Å². The van der Waals surface area contributed by atoms with Crippen molar-refractivity contribution in [3.05, 3.63) is 65.9 Å². The second-order valence-corrected chi connectivity index (χ2v) is 6.06. The lowest BCUT2D eigenvalue weighted by atomic mass is 10.1. The van der Waals surface area contributed by atoms with Crippen molar-refractivity contribution in [3.8, 4) is 11.5 Å². The fraction of sp³-hybridized carbons (Fsp3) is 0.200. The molecule has 126 valence electrons. The summed E-state index contributed by atoms with van der Waals surface area (Å²) in [7, 11) is 1.79. The van der Waals surface area contributed by atoms with E-state index in [0.717, 1.165) is 28.0 Å². The van der Waals surface area contributed by atoms with Gasteiger partial charge in [-0.1, -0.05) is 24.3 Å². The minimum absolute atomic E-state index is 0.0619. The average molecular weight is 334 g/mol. The molecule has 0 bridgehead atoms. The van der Waals surface area contributed by atoms with E-state index in [2.05, 4.69) is 4.98 Å². The van der Waals surface area contributed by atoms with Gasteiger partial charge in [0.05, 0.1) is 11.1 Å². The molecule has 5 nitrogen and oxygen atoms in total. The molecule has 2 aromatic carbocycles. The van der Waals surface area contributed by atoms with Gasteiger partial charge < -0.3 is 14.4 Å². The number of rotatable bonds is 3. The molecule has 0 atom stereocenters. The maximum absolute atomic E-state index is 12.7. The molecule has 0 aliphatic carbocycles. The van der Waals surface area contributed by atoms with Gasteiger partial charge in [-0.05, 0) is 29.8 Å². The van der Waals surface area contributed by atoms with Crippen molar-refractivity contribution in [1.29, 1.82) is 0 Å². The van der Waals surface area contributed by atoms with E-state index in [4.69, 9.17) is 9.47 Å². The van der Waals surface area contributed by atoms with Crippen LogP contribution in [0.5, 0.6) is 11.5 Å².